The van der Waals surface area contributed by atoms with E-state index in [4.69, 9.17) is 4.52 Å². The Kier molecular flexibility index (Phi) is 4.81. The van der Waals surface area contributed by atoms with Crippen molar-refractivity contribution >= 4 is 27.4 Å². The molecule has 0 aliphatic heterocycles. The summed E-state index contributed by atoms with van der Waals surface area (Å²) >= 11 is 0. The highest BCUT2D eigenvalue weighted by Gasteiger charge is 2.11. The minimum absolute atomic E-state index is 0.00201. The van der Waals surface area contributed by atoms with E-state index in [2.05, 4.69) is 15.2 Å². The summed E-state index contributed by atoms with van der Waals surface area (Å²) in [5.41, 5.74) is 0.537. The number of sulfonamides is 1. The number of carbonyl (C=O) groups excluding carboxylic acids is 1. The minimum atomic E-state index is -3.87. The molecule has 2 rings (SSSR count). The van der Waals surface area contributed by atoms with E-state index in [0.717, 1.165) is 6.42 Å². The van der Waals surface area contributed by atoms with Gasteiger partial charge in [-0.05, 0) is 49.5 Å². The Morgan fingerprint density at radius 3 is 2.55 bits per heavy atom. The molecule has 2 aromatic rings. The van der Waals surface area contributed by atoms with E-state index in [1.165, 1.54) is 30.3 Å². The molecule has 1 heterocycles. The van der Waals surface area contributed by atoms with Gasteiger partial charge in [-0.15, -0.1) is 0 Å². The van der Waals surface area contributed by atoms with Crippen LogP contribution in [0.3, 0.4) is 0 Å². The van der Waals surface area contributed by atoms with Gasteiger partial charge in [-0.25, -0.2) is 8.42 Å². The molecule has 0 saturated heterocycles. The number of aromatic nitrogens is 1. The Morgan fingerprint density at radius 1 is 1.32 bits per heavy atom. The molecule has 0 bridgehead atoms. The van der Waals surface area contributed by atoms with Crippen LogP contribution < -0.4 is 5.32 Å². The zero-order chi connectivity index (χ0) is 16.2. The second-order valence-electron chi connectivity index (χ2n) is 4.68. The first-order chi connectivity index (χ1) is 10.4. The lowest BCUT2D eigenvalue weighted by Crippen LogP contribution is -2.10. The van der Waals surface area contributed by atoms with Gasteiger partial charge in [0.15, 0.2) is 0 Å². The number of hydrogen-bond acceptors (Lipinski definition) is 5. The molecule has 0 aliphatic rings. The van der Waals surface area contributed by atoms with Crippen LogP contribution in [0.15, 0.2) is 39.8 Å². The first-order valence-electron chi connectivity index (χ1n) is 6.72. The number of nitrogens with one attached hydrogen (secondary N) is 1. The molecule has 1 N–H and O–H groups in total. The fourth-order valence-corrected chi connectivity index (χ4v) is 2.65. The predicted molar refractivity (Wildman–Crippen MR) is 81.4 cm³/mol. The van der Waals surface area contributed by atoms with Gasteiger partial charge in [-0.2, -0.15) is 0 Å². The van der Waals surface area contributed by atoms with Gasteiger partial charge in [0.25, 0.3) is 0 Å². The topological polar surface area (TPSA) is 103 Å². The van der Waals surface area contributed by atoms with E-state index in [1.807, 2.05) is 6.92 Å². The van der Waals surface area contributed by atoms with Crippen molar-refractivity contribution in [3.8, 4) is 0 Å². The zero-order valence-corrected chi connectivity index (χ0v) is 13.1. The van der Waals surface area contributed by atoms with Crippen LogP contribution in [0, 0.1) is 6.92 Å². The second-order valence-corrected chi connectivity index (χ2v) is 6.29. The summed E-state index contributed by atoms with van der Waals surface area (Å²) in [5.74, 6) is 0.363. The number of hydrogen-bond donors (Lipinski definition) is 1. The van der Waals surface area contributed by atoms with Crippen molar-refractivity contribution in [1.82, 2.24) is 5.16 Å². The molecule has 8 heteroatoms. The molecule has 1 amide bonds. The Morgan fingerprint density at radius 2 is 2.00 bits per heavy atom. The van der Waals surface area contributed by atoms with Gasteiger partial charge >= 0.3 is 0 Å². The maximum atomic E-state index is 12.1. The lowest BCUT2D eigenvalue weighted by Gasteiger charge is -2.12. The van der Waals surface area contributed by atoms with Gasteiger partial charge in [0.1, 0.15) is 5.76 Å². The zero-order valence-electron chi connectivity index (χ0n) is 12.2. The molecule has 0 radical (unpaired) electrons. The molecule has 0 saturated carbocycles. The maximum Gasteiger partial charge on any atom is 0.224 e. The van der Waals surface area contributed by atoms with Crippen molar-refractivity contribution in [1.29, 1.82) is 0 Å². The molecule has 118 valence electrons. The molecule has 0 aliphatic carbocycles. The highest BCUT2D eigenvalue weighted by atomic mass is 32.2. The fourth-order valence-electron chi connectivity index (χ4n) is 1.73. The summed E-state index contributed by atoms with van der Waals surface area (Å²) in [7, 11) is -3.87. The Balaban J connectivity index is 2.10. The van der Waals surface area contributed by atoms with Crippen LogP contribution in [-0.4, -0.2) is 19.5 Å². The quantitative estimate of drug-likeness (QED) is 0.880. The molecular formula is C14H16N3O4S-. The maximum absolute atomic E-state index is 12.1. The average molecular weight is 322 g/mol. The number of carbonyl (C=O) groups is 1. The smallest absolute Gasteiger partial charge is 0.224 e. The van der Waals surface area contributed by atoms with E-state index in [-0.39, 0.29) is 16.6 Å². The van der Waals surface area contributed by atoms with Crippen LogP contribution in [0.4, 0.5) is 11.5 Å². The lowest BCUT2D eigenvalue weighted by atomic mass is 10.3. The van der Waals surface area contributed by atoms with Crippen LogP contribution >= 0.6 is 0 Å². The summed E-state index contributed by atoms with van der Waals surface area (Å²) in [5, 5.41) is 6.21. The monoisotopic (exact) mass is 322 g/mol. The standard InChI is InChI=1S/C14H17N3O4S/c1-3-4-14(18)15-11-5-7-12(8-6-11)22(19,20)17-13-9-10(2)21-16-13/h5-9H,3-4H2,1-2H3,(H2,15,16,17,18)/p-1. The Bertz CT molecular complexity index is 751. The van der Waals surface area contributed by atoms with Crippen LogP contribution in [0.1, 0.15) is 25.5 Å². The number of nitrogens with zero attached hydrogens (tertiary/aromatic N) is 2. The van der Waals surface area contributed by atoms with Gasteiger partial charge in [0.2, 0.25) is 15.9 Å². The third kappa shape index (κ3) is 4.08. The lowest BCUT2D eigenvalue weighted by molar-refractivity contribution is -0.116. The molecule has 7 nitrogen and oxygen atoms in total. The van der Waals surface area contributed by atoms with Gasteiger partial charge in [0, 0.05) is 12.1 Å². The predicted octanol–water partition coefficient (Wildman–Crippen LogP) is 3.12. The van der Waals surface area contributed by atoms with Crippen LogP contribution in [0.5, 0.6) is 0 Å². The van der Waals surface area contributed by atoms with Crippen molar-refractivity contribution in [2.24, 2.45) is 0 Å². The normalized spacial score (nSPS) is 11.2. The summed E-state index contributed by atoms with van der Waals surface area (Å²) in [4.78, 5) is 11.5. The van der Waals surface area contributed by atoms with Crippen LogP contribution in [-0.2, 0) is 14.8 Å². The number of anilines is 1. The molecule has 0 atom stereocenters. The highest BCUT2D eigenvalue weighted by molar-refractivity contribution is 7.94. The first kappa shape index (κ1) is 16.0. The fraction of sp³-hybridized carbons (Fsp3) is 0.286. The third-order valence-corrected chi connectivity index (χ3v) is 4.04. The summed E-state index contributed by atoms with van der Waals surface area (Å²) < 4.78 is 32.6. The third-order valence-electron chi connectivity index (χ3n) is 2.74. The van der Waals surface area contributed by atoms with Crippen molar-refractivity contribution in [2.45, 2.75) is 31.6 Å². The summed E-state index contributed by atoms with van der Waals surface area (Å²) in [6.45, 7) is 3.55. The van der Waals surface area contributed by atoms with E-state index in [1.54, 1.807) is 6.92 Å². The molecule has 1 aromatic carbocycles. The molecule has 1 aromatic heterocycles. The number of rotatable bonds is 6. The number of amides is 1. The molecule has 0 unspecified atom stereocenters. The van der Waals surface area contributed by atoms with E-state index in [9.17, 15) is 13.2 Å². The van der Waals surface area contributed by atoms with Crippen molar-refractivity contribution in [2.75, 3.05) is 5.32 Å². The van der Waals surface area contributed by atoms with Crippen molar-refractivity contribution < 1.29 is 17.7 Å². The Labute approximate surface area is 128 Å². The molecule has 0 fully saturated rings. The first-order valence-corrected chi connectivity index (χ1v) is 8.16. The van der Waals surface area contributed by atoms with Gasteiger partial charge < -0.3 is 14.6 Å². The van der Waals surface area contributed by atoms with Crippen molar-refractivity contribution in [3.63, 3.8) is 0 Å². The van der Waals surface area contributed by atoms with Crippen LogP contribution in [0.25, 0.3) is 4.72 Å². The number of benzene rings is 1. The summed E-state index contributed by atoms with van der Waals surface area (Å²) in [6.07, 6.45) is 1.16. The molecule has 22 heavy (non-hydrogen) atoms. The van der Waals surface area contributed by atoms with E-state index < -0.39 is 10.0 Å². The van der Waals surface area contributed by atoms with Gasteiger partial charge in [-0.3, -0.25) is 9.95 Å². The highest BCUT2D eigenvalue weighted by Crippen LogP contribution is 2.27. The minimum Gasteiger partial charge on any atom is -0.460 e. The van der Waals surface area contributed by atoms with E-state index >= 15 is 0 Å². The number of aryl methyl sites for hydroxylation is 1. The Hall–Kier alpha value is -2.35. The van der Waals surface area contributed by atoms with Crippen molar-refractivity contribution in [3.05, 3.63) is 40.8 Å². The van der Waals surface area contributed by atoms with Gasteiger partial charge in [-0.1, -0.05) is 6.92 Å². The van der Waals surface area contributed by atoms with Gasteiger partial charge in [0.05, 0.1) is 4.90 Å². The largest absolute Gasteiger partial charge is 0.460 e. The SMILES string of the molecule is CCCC(=O)Nc1ccc(S(=O)(=O)[N-]c2cc(C)on2)cc1. The molecular weight excluding hydrogens is 306 g/mol. The van der Waals surface area contributed by atoms with E-state index in [0.29, 0.717) is 17.9 Å². The second kappa shape index (κ2) is 6.61. The summed E-state index contributed by atoms with van der Waals surface area (Å²) in [6, 6.07) is 7.23. The molecule has 0 spiro atoms. The average Bonchev–Trinajstić information content (AvgIpc) is 2.84. The van der Waals surface area contributed by atoms with Crippen LogP contribution in [0.2, 0.25) is 0 Å².